The molecule has 0 spiro atoms. The Morgan fingerprint density at radius 1 is 1.32 bits per heavy atom. The second-order valence-corrected chi connectivity index (χ2v) is 4.18. The number of hydrogen-bond donors (Lipinski definition) is 1. The van der Waals surface area contributed by atoms with Gasteiger partial charge in [0.15, 0.2) is 0 Å². The van der Waals surface area contributed by atoms with Crippen molar-refractivity contribution < 1.29 is 27.9 Å². The lowest BCUT2D eigenvalue weighted by molar-refractivity contribution is -0.146. The van der Waals surface area contributed by atoms with E-state index >= 15 is 0 Å². The number of aliphatic carboxylic acids is 1. The zero-order chi connectivity index (χ0) is 14.2. The first-order valence-electron chi connectivity index (χ1n) is 5.34. The molecule has 1 aromatic heterocycles. The highest BCUT2D eigenvalue weighted by atomic mass is 19.4. The summed E-state index contributed by atoms with van der Waals surface area (Å²) in [5.74, 6) is -2.17. The largest absolute Gasteiger partial charge is 0.481 e. The Balaban J connectivity index is 2.04. The number of rotatable bonds is 2. The van der Waals surface area contributed by atoms with Gasteiger partial charge in [0.25, 0.3) is 5.91 Å². The standard InChI is InChI=1S/C11H9F3N2O3/c12-11(13,14)7-1-2-8(15-3-7)9(17)16-4-6(5-16)10(18)19/h1-3,6H,4-5H2,(H,18,19). The van der Waals surface area contributed by atoms with Crippen LogP contribution in [0.25, 0.3) is 0 Å². The molecule has 1 aliphatic heterocycles. The number of hydrogen-bond acceptors (Lipinski definition) is 3. The number of carboxylic acid groups (broad SMARTS) is 1. The lowest BCUT2D eigenvalue weighted by Gasteiger charge is -2.36. The first kappa shape index (κ1) is 13.3. The normalized spacial score (nSPS) is 16.1. The van der Waals surface area contributed by atoms with E-state index in [4.69, 9.17) is 5.11 Å². The van der Waals surface area contributed by atoms with Crippen molar-refractivity contribution in [1.82, 2.24) is 9.88 Å². The number of carbonyl (C=O) groups excluding carboxylic acids is 1. The second kappa shape index (κ2) is 4.52. The van der Waals surface area contributed by atoms with Gasteiger partial charge in [-0.3, -0.25) is 14.6 Å². The summed E-state index contributed by atoms with van der Waals surface area (Å²) < 4.78 is 36.9. The summed E-state index contributed by atoms with van der Waals surface area (Å²) in [4.78, 5) is 27.0. The van der Waals surface area contributed by atoms with E-state index in [1.54, 1.807) is 0 Å². The molecule has 1 N–H and O–H groups in total. The van der Waals surface area contributed by atoms with E-state index < -0.39 is 29.5 Å². The average molecular weight is 274 g/mol. The number of halogens is 3. The molecule has 1 fully saturated rings. The van der Waals surface area contributed by atoms with Gasteiger partial charge in [-0.1, -0.05) is 0 Å². The number of amides is 1. The van der Waals surface area contributed by atoms with E-state index in [2.05, 4.69) is 4.98 Å². The van der Waals surface area contributed by atoms with Crippen LogP contribution in [0.5, 0.6) is 0 Å². The van der Waals surface area contributed by atoms with Gasteiger partial charge in [-0.15, -0.1) is 0 Å². The summed E-state index contributed by atoms with van der Waals surface area (Å²) in [6.07, 6.45) is -3.92. The molecule has 0 unspecified atom stereocenters. The van der Waals surface area contributed by atoms with Crippen molar-refractivity contribution in [2.24, 2.45) is 5.92 Å². The van der Waals surface area contributed by atoms with Crippen molar-refractivity contribution in [2.75, 3.05) is 13.1 Å². The maximum Gasteiger partial charge on any atom is 0.417 e. The Bertz CT molecular complexity index is 507. The van der Waals surface area contributed by atoms with Crippen molar-refractivity contribution in [3.63, 3.8) is 0 Å². The molecule has 5 nitrogen and oxygen atoms in total. The minimum atomic E-state index is -4.50. The molecule has 1 saturated heterocycles. The second-order valence-electron chi connectivity index (χ2n) is 4.18. The fourth-order valence-electron chi connectivity index (χ4n) is 1.65. The summed E-state index contributed by atoms with van der Waals surface area (Å²) in [6, 6.07) is 1.76. The molecule has 0 radical (unpaired) electrons. The fraction of sp³-hybridized carbons (Fsp3) is 0.364. The van der Waals surface area contributed by atoms with Gasteiger partial charge in [-0.05, 0) is 12.1 Å². The number of aromatic nitrogens is 1. The topological polar surface area (TPSA) is 70.5 Å². The number of alkyl halides is 3. The molecule has 1 amide bonds. The molecule has 102 valence electrons. The molecule has 0 aliphatic carbocycles. The van der Waals surface area contributed by atoms with E-state index in [-0.39, 0.29) is 18.8 Å². The molecule has 8 heteroatoms. The highest BCUT2D eigenvalue weighted by Gasteiger charge is 2.37. The summed E-state index contributed by atoms with van der Waals surface area (Å²) in [7, 11) is 0. The van der Waals surface area contributed by atoms with Gasteiger partial charge >= 0.3 is 12.1 Å². The molecule has 2 rings (SSSR count). The molecule has 0 bridgehead atoms. The lowest BCUT2D eigenvalue weighted by atomic mass is 10.00. The molecule has 1 aromatic rings. The average Bonchev–Trinajstić information content (AvgIpc) is 2.25. The van der Waals surface area contributed by atoms with Crippen LogP contribution >= 0.6 is 0 Å². The van der Waals surface area contributed by atoms with Crippen molar-refractivity contribution in [1.29, 1.82) is 0 Å². The van der Waals surface area contributed by atoms with Crippen molar-refractivity contribution in [3.8, 4) is 0 Å². The van der Waals surface area contributed by atoms with Crippen molar-refractivity contribution in [2.45, 2.75) is 6.18 Å². The fourth-order valence-corrected chi connectivity index (χ4v) is 1.65. The summed E-state index contributed by atoms with van der Waals surface area (Å²) >= 11 is 0. The Morgan fingerprint density at radius 2 is 1.95 bits per heavy atom. The number of carbonyl (C=O) groups is 2. The van der Waals surface area contributed by atoms with Crippen LogP contribution in [-0.2, 0) is 11.0 Å². The first-order chi connectivity index (χ1) is 8.79. The van der Waals surface area contributed by atoms with E-state index in [0.29, 0.717) is 6.20 Å². The first-order valence-corrected chi connectivity index (χ1v) is 5.34. The summed E-state index contributed by atoms with van der Waals surface area (Å²) in [6.45, 7) is 0.105. The third-order valence-corrected chi connectivity index (χ3v) is 2.83. The number of pyridine rings is 1. The predicted octanol–water partition coefficient (Wildman–Crippen LogP) is 1.26. The molecular formula is C11H9F3N2O3. The number of likely N-dealkylation sites (tertiary alicyclic amines) is 1. The number of nitrogens with zero attached hydrogens (tertiary/aromatic N) is 2. The molecule has 2 heterocycles. The Hall–Kier alpha value is -2.12. The maximum absolute atomic E-state index is 12.3. The van der Waals surface area contributed by atoms with Gasteiger partial charge in [0.2, 0.25) is 0 Å². The summed E-state index contributed by atoms with van der Waals surface area (Å²) in [5.41, 5.74) is -1.06. The highest BCUT2D eigenvalue weighted by molar-refractivity contribution is 5.93. The third-order valence-electron chi connectivity index (χ3n) is 2.83. The Labute approximate surface area is 105 Å². The van der Waals surface area contributed by atoms with Gasteiger partial charge in [0, 0.05) is 19.3 Å². The highest BCUT2D eigenvalue weighted by Crippen LogP contribution is 2.28. The zero-order valence-corrected chi connectivity index (χ0v) is 9.52. The molecular weight excluding hydrogens is 265 g/mol. The monoisotopic (exact) mass is 274 g/mol. The number of carboxylic acids is 1. The smallest absolute Gasteiger partial charge is 0.417 e. The van der Waals surface area contributed by atoms with Gasteiger partial charge in [0.1, 0.15) is 5.69 Å². The Morgan fingerprint density at radius 3 is 2.37 bits per heavy atom. The molecule has 0 saturated carbocycles. The van der Waals surface area contributed by atoms with E-state index in [1.165, 1.54) is 4.90 Å². The summed E-state index contributed by atoms with van der Waals surface area (Å²) in [5, 5.41) is 8.65. The van der Waals surface area contributed by atoms with Crippen LogP contribution < -0.4 is 0 Å². The van der Waals surface area contributed by atoms with E-state index in [9.17, 15) is 22.8 Å². The third kappa shape index (κ3) is 2.67. The van der Waals surface area contributed by atoms with Crippen molar-refractivity contribution >= 4 is 11.9 Å². The predicted molar refractivity (Wildman–Crippen MR) is 56.3 cm³/mol. The van der Waals surface area contributed by atoms with Gasteiger partial charge < -0.3 is 10.0 Å². The van der Waals surface area contributed by atoms with Crippen LogP contribution in [-0.4, -0.2) is 40.0 Å². The quantitative estimate of drug-likeness (QED) is 0.881. The molecule has 1 aliphatic rings. The Kier molecular flexibility index (Phi) is 3.17. The van der Waals surface area contributed by atoms with Crippen LogP contribution in [0.4, 0.5) is 13.2 Å². The van der Waals surface area contributed by atoms with Gasteiger partial charge in [-0.25, -0.2) is 0 Å². The van der Waals surface area contributed by atoms with Crippen LogP contribution in [0, 0.1) is 5.92 Å². The van der Waals surface area contributed by atoms with Crippen LogP contribution in [0.3, 0.4) is 0 Å². The van der Waals surface area contributed by atoms with Crippen LogP contribution in [0.1, 0.15) is 16.1 Å². The van der Waals surface area contributed by atoms with Crippen LogP contribution in [0.2, 0.25) is 0 Å². The van der Waals surface area contributed by atoms with Crippen molar-refractivity contribution in [3.05, 3.63) is 29.6 Å². The maximum atomic E-state index is 12.3. The lowest BCUT2D eigenvalue weighted by Crippen LogP contribution is -2.53. The minimum Gasteiger partial charge on any atom is -0.481 e. The molecule has 0 aromatic carbocycles. The molecule has 0 atom stereocenters. The van der Waals surface area contributed by atoms with Crippen LogP contribution in [0.15, 0.2) is 18.3 Å². The SMILES string of the molecule is O=C(O)C1CN(C(=O)c2ccc(C(F)(F)F)cn2)C1. The van der Waals surface area contributed by atoms with Gasteiger partial charge in [-0.2, -0.15) is 13.2 Å². The van der Waals surface area contributed by atoms with E-state index in [0.717, 1.165) is 12.1 Å². The zero-order valence-electron chi connectivity index (χ0n) is 9.52. The van der Waals surface area contributed by atoms with Gasteiger partial charge in [0.05, 0.1) is 11.5 Å². The minimum absolute atomic E-state index is 0.0524. The molecule has 19 heavy (non-hydrogen) atoms. The van der Waals surface area contributed by atoms with E-state index in [1.807, 2.05) is 0 Å².